The summed E-state index contributed by atoms with van der Waals surface area (Å²) in [7, 11) is 0. The molecule has 0 N–H and O–H groups in total. The van der Waals surface area contributed by atoms with Crippen LogP contribution in [0.1, 0.15) is 21.5 Å². The van der Waals surface area contributed by atoms with Crippen LogP contribution in [0.15, 0.2) is 91.5 Å². The van der Waals surface area contributed by atoms with Crippen LogP contribution in [0.25, 0.3) is 11.8 Å². The third-order valence-electron chi connectivity index (χ3n) is 4.97. The molecule has 0 atom stereocenters. The van der Waals surface area contributed by atoms with Gasteiger partial charge in [-0.25, -0.2) is 4.98 Å². The molecule has 0 saturated heterocycles. The number of carbonyl (C=O) groups is 1. The van der Waals surface area contributed by atoms with E-state index >= 15 is 0 Å². The van der Waals surface area contributed by atoms with E-state index in [-0.39, 0.29) is 17.3 Å². The highest BCUT2D eigenvalue weighted by Gasteiger charge is 2.33. The number of imidazole rings is 1. The number of alkyl halides is 3. The largest absolute Gasteiger partial charge is 0.450 e. The van der Waals surface area contributed by atoms with E-state index in [1.54, 1.807) is 61.2 Å². The monoisotopic (exact) mass is 479 g/mol. The molecule has 0 spiro atoms. The van der Waals surface area contributed by atoms with Gasteiger partial charge in [0.25, 0.3) is 0 Å². The average molecular weight is 479 g/mol. The molecule has 0 fully saturated rings. The molecule has 4 aromatic rings. The van der Waals surface area contributed by atoms with Gasteiger partial charge < -0.3 is 9.30 Å². The van der Waals surface area contributed by atoms with Crippen LogP contribution < -0.4 is 4.74 Å². The summed E-state index contributed by atoms with van der Waals surface area (Å²) in [5.41, 5.74) is 0.0840. The van der Waals surface area contributed by atoms with Crippen LogP contribution in [0.3, 0.4) is 0 Å². The Bertz CT molecular complexity index is 1380. The molecule has 0 radical (unpaired) electrons. The summed E-state index contributed by atoms with van der Waals surface area (Å²) in [5.74, 6) is -0.338. The van der Waals surface area contributed by atoms with Crippen molar-refractivity contribution in [2.45, 2.75) is 6.18 Å². The van der Waals surface area contributed by atoms with Gasteiger partial charge >= 0.3 is 11.9 Å². The Morgan fingerprint density at radius 2 is 1.74 bits per heavy atom. The number of nitrogens with zero attached hydrogens (tertiary/aromatic N) is 3. The first-order chi connectivity index (χ1) is 16.7. The summed E-state index contributed by atoms with van der Waals surface area (Å²) < 4.78 is 45.8. The third-order valence-corrected chi connectivity index (χ3v) is 4.97. The first kappa shape index (κ1) is 23.4. The molecule has 7 nitrogen and oxygen atoms in total. The van der Waals surface area contributed by atoms with Gasteiger partial charge in [-0.15, -0.1) is 0 Å². The van der Waals surface area contributed by atoms with Crippen molar-refractivity contribution in [3.8, 4) is 17.2 Å². The zero-order chi connectivity index (χ0) is 25.0. The van der Waals surface area contributed by atoms with E-state index in [9.17, 15) is 28.1 Å². The van der Waals surface area contributed by atoms with Crippen molar-refractivity contribution in [3.05, 3.63) is 118 Å². The van der Waals surface area contributed by atoms with Gasteiger partial charge in [-0.3, -0.25) is 14.9 Å². The summed E-state index contributed by atoms with van der Waals surface area (Å²) in [4.78, 5) is 26.7. The van der Waals surface area contributed by atoms with Gasteiger partial charge in [-0.05, 0) is 60.2 Å². The standard InChI is InChI=1S/C25H16F3N3O4/c26-25(27,28)19-6-12-24(22(15-19)31(33)34)35-21-9-1-17(2-10-21)3-11-23(32)18-4-7-20(8-5-18)30-14-13-29-16-30/h1-16H/b11-3+. The highest BCUT2D eigenvalue weighted by Crippen LogP contribution is 2.37. The van der Waals surface area contributed by atoms with E-state index < -0.39 is 22.4 Å². The number of aromatic nitrogens is 2. The molecule has 0 saturated carbocycles. The Labute approximate surface area is 196 Å². The number of allylic oxidation sites excluding steroid dienone is 1. The molecule has 4 rings (SSSR count). The van der Waals surface area contributed by atoms with E-state index in [0.29, 0.717) is 23.3 Å². The van der Waals surface area contributed by atoms with Crippen LogP contribution in [-0.2, 0) is 6.18 Å². The normalized spacial score (nSPS) is 11.5. The van der Waals surface area contributed by atoms with Gasteiger partial charge in [0, 0.05) is 29.7 Å². The van der Waals surface area contributed by atoms with Crippen molar-refractivity contribution >= 4 is 17.5 Å². The van der Waals surface area contributed by atoms with E-state index in [2.05, 4.69) is 4.98 Å². The molecule has 0 amide bonds. The average Bonchev–Trinajstić information content (AvgIpc) is 3.38. The Balaban J connectivity index is 1.44. The number of rotatable bonds is 7. The van der Waals surface area contributed by atoms with Crippen molar-refractivity contribution in [2.24, 2.45) is 0 Å². The van der Waals surface area contributed by atoms with Crippen molar-refractivity contribution in [3.63, 3.8) is 0 Å². The molecule has 0 aliphatic heterocycles. The molecule has 35 heavy (non-hydrogen) atoms. The molecule has 176 valence electrons. The number of benzene rings is 3. The Kier molecular flexibility index (Phi) is 6.45. The number of hydrogen-bond acceptors (Lipinski definition) is 5. The third kappa shape index (κ3) is 5.61. The molecule has 1 heterocycles. The second kappa shape index (κ2) is 9.64. The van der Waals surface area contributed by atoms with E-state index in [4.69, 9.17) is 4.74 Å². The van der Waals surface area contributed by atoms with E-state index in [1.165, 1.54) is 18.2 Å². The lowest BCUT2D eigenvalue weighted by Crippen LogP contribution is -2.06. The van der Waals surface area contributed by atoms with Gasteiger partial charge in [0.05, 0.1) is 16.8 Å². The first-order valence-electron chi connectivity index (χ1n) is 10.1. The van der Waals surface area contributed by atoms with Crippen molar-refractivity contribution < 1.29 is 27.6 Å². The SMILES string of the molecule is O=C(/C=C/c1ccc(Oc2ccc(C(F)(F)F)cc2[N+](=O)[O-])cc1)c1ccc(-n2ccnc2)cc1. The Hall–Kier alpha value is -4.73. The minimum Gasteiger partial charge on any atom is -0.450 e. The van der Waals surface area contributed by atoms with Crippen molar-refractivity contribution in [1.82, 2.24) is 9.55 Å². The van der Waals surface area contributed by atoms with Crippen LogP contribution in [0.4, 0.5) is 18.9 Å². The smallest absolute Gasteiger partial charge is 0.416 e. The number of nitro groups is 1. The lowest BCUT2D eigenvalue weighted by atomic mass is 10.1. The van der Waals surface area contributed by atoms with Crippen LogP contribution in [0, 0.1) is 10.1 Å². The minimum absolute atomic E-state index is 0.187. The maximum absolute atomic E-state index is 12.9. The molecule has 10 heteroatoms. The van der Waals surface area contributed by atoms with E-state index in [0.717, 1.165) is 11.8 Å². The van der Waals surface area contributed by atoms with Crippen LogP contribution in [-0.4, -0.2) is 20.3 Å². The van der Waals surface area contributed by atoms with Gasteiger partial charge in [-0.2, -0.15) is 13.2 Å². The van der Waals surface area contributed by atoms with Gasteiger partial charge in [0.15, 0.2) is 5.78 Å². The molecule has 0 aliphatic carbocycles. The molecular formula is C25H16F3N3O4. The number of halogens is 3. The summed E-state index contributed by atoms with van der Waals surface area (Å²) in [6, 6.07) is 15.3. The van der Waals surface area contributed by atoms with Gasteiger partial charge in [0.2, 0.25) is 5.75 Å². The molecule has 1 aromatic heterocycles. The molecular weight excluding hydrogens is 463 g/mol. The van der Waals surface area contributed by atoms with E-state index in [1.807, 2.05) is 4.57 Å². The summed E-state index contributed by atoms with van der Waals surface area (Å²) in [6.45, 7) is 0. The molecule has 0 bridgehead atoms. The maximum atomic E-state index is 12.9. The minimum atomic E-state index is -4.71. The molecule has 3 aromatic carbocycles. The highest BCUT2D eigenvalue weighted by molar-refractivity contribution is 6.06. The van der Waals surface area contributed by atoms with Gasteiger partial charge in [-0.1, -0.05) is 18.2 Å². The number of carbonyl (C=O) groups excluding carboxylic acids is 1. The fourth-order valence-corrected chi connectivity index (χ4v) is 3.17. The predicted molar refractivity (Wildman–Crippen MR) is 122 cm³/mol. The fraction of sp³-hybridized carbons (Fsp3) is 0.0400. The maximum Gasteiger partial charge on any atom is 0.416 e. The molecule has 0 aliphatic rings. The lowest BCUT2D eigenvalue weighted by molar-refractivity contribution is -0.385. The lowest BCUT2D eigenvalue weighted by Gasteiger charge is -2.10. The number of nitro benzene ring substituents is 1. The van der Waals surface area contributed by atoms with Crippen LogP contribution >= 0.6 is 0 Å². The van der Waals surface area contributed by atoms with Crippen molar-refractivity contribution in [2.75, 3.05) is 0 Å². The van der Waals surface area contributed by atoms with Crippen LogP contribution in [0.2, 0.25) is 0 Å². The Morgan fingerprint density at radius 1 is 1.03 bits per heavy atom. The predicted octanol–water partition coefficient (Wildman–Crippen LogP) is 6.49. The highest BCUT2D eigenvalue weighted by atomic mass is 19.4. The quantitative estimate of drug-likeness (QED) is 0.131. The fourth-order valence-electron chi connectivity index (χ4n) is 3.17. The van der Waals surface area contributed by atoms with Crippen LogP contribution in [0.5, 0.6) is 11.5 Å². The number of ether oxygens (including phenoxy) is 1. The van der Waals surface area contributed by atoms with Crippen molar-refractivity contribution in [1.29, 1.82) is 0 Å². The summed E-state index contributed by atoms with van der Waals surface area (Å²) >= 11 is 0. The molecule has 0 unspecified atom stereocenters. The summed E-state index contributed by atoms with van der Waals surface area (Å²) in [6.07, 6.45) is 3.39. The zero-order valence-electron chi connectivity index (χ0n) is 17.8. The Morgan fingerprint density at radius 3 is 2.34 bits per heavy atom. The number of hydrogen-bond donors (Lipinski definition) is 0. The topological polar surface area (TPSA) is 87.3 Å². The second-order valence-electron chi connectivity index (χ2n) is 7.32. The second-order valence-corrected chi connectivity index (χ2v) is 7.32. The van der Waals surface area contributed by atoms with Gasteiger partial charge in [0.1, 0.15) is 5.75 Å². The zero-order valence-corrected chi connectivity index (χ0v) is 17.8. The summed E-state index contributed by atoms with van der Waals surface area (Å²) in [5, 5.41) is 11.2. The first-order valence-corrected chi connectivity index (χ1v) is 10.1. The number of ketones is 1.